The van der Waals surface area contributed by atoms with Crippen molar-refractivity contribution in [1.29, 1.82) is 0 Å². The fourth-order valence-electron chi connectivity index (χ4n) is 8.95. The van der Waals surface area contributed by atoms with Crippen molar-refractivity contribution in [3.63, 3.8) is 0 Å². The van der Waals surface area contributed by atoms with E-state index >= 15 is 0 Å². The highest BCUT2D eigenvalue weighted by atomic mass is 32.1. The molecule has 0 radical (unpaired) electrons. The van der Waals surface area contributed by atoms with Crippen molar-refractivity contribution in [1.82, 2.24) is 41.7 Å². The second-order valence-corrected chi connectivity index (χ2v) is 21.0. The Morgan fingerprint density at radius 2 is 1.19 bits per heavy atom. The molecule has 0 bridgehead atoms. The summed E-state index contributed by atoms with van der Waals surface area (Å²) >= 11 is 2.55. The zero-order valence-electron chi connectivity index (χ0n) is 43.4. The summed E-state index contributed by atoms with van der Waals surface area (Å²) in [6.45, 7) is -1.25. The Bertz CT molecular complexity index is 2600. The predicted molar refractivity (Wildman–Crippen MR) is 292 cm³/mol. The number of amides is 8. The van der Waals surface area contributed by atoms with Crippen LogP contribution >= 0.6 is 22.7 Å². The van der Waals surface area contributed by atoms with Gasteiger partial charge < -0.3 is 85.7 Å². The first-order chi connectivity index (χ1) is 37.7. The summed E-state index contributed by atoms with van der Waals surface area (Å²) in [5.74, 6) is -7.90. The Labute approximate surface area is 463 Å². The minimum Gasteiger partial charge on any atom is -0.480 e. The van der Waals surface area contributed by atoms with Gasteiger partial charge in [0.2, 0.25) is 47.3 Å². The normalized spacial score (nSPS) is 18.1. The number of thiophene rings is 2. The van der Waals surface area contributed by atoms with E-state index in [0.717, 1.165) is 0 Å². The number of carboxylic acid groups (broad SMARTS) is 1. The number of aliphatic hydroxyl groups is 2. The first-order valence-electron chi connectivity index (χ1n) is 25.6. The van der Waals surface area contributed by atoms with Gasteiger partial charge in [-0.25, -0.2) is 4.79 Å². The van der Waals surface area contributed by atoms with Crippen molar-refractivity contribution in [3.8, 4) is 0 Å². The van der Waals surface area contributed by atoms with Crippen molar-refractivity contribution in [2.24, 2.45) is 38.7 Å². The summed E-state index contributed by atoms with van der Waals surface area (Å²) in [4.78, 5) is 134. The summed E-state index contributed by atoms with van der Waals surface area (Å²) in [6, 6.07) is 5.06. The molecule has 0 unspecified atom stereocenters. The number of carbonyl (C=O) groups is 9. The number of aliphatic imine (C=N–C) groups is 2. The molecule has 2 fully saturated rings. The van der Waals surface area contributed by atoms with Crippen molar-refractivity contribution in [3.05, 3.63) is 80.7 Å². The molecule has 79 heavy (non-hydrogen) atoms. The molecule has 5 rings (SSSR count). The van der Waals surface area contributed by atoms with Crippen LogP contribution in [0, 0.1) is 0 Å². The molecule has 2 aliphatic heterocycles. The van der Waals surface area contributed by atoms with Crippen LogP contribution in [0.4, 0.5) is 0 Å². The minimum atomic E-state index is -1.70. The number of carboxylic acids is 1. The molecule has 9 atom stereocenters. The van der Waals surface area contributed by atoms with E-state index < -0.39 is 121 Å². The van der Waals surface area contributed by atoms with E-state index in [-0.39, 0.29) is 83.0 Å². The van der Waals surface area contributed by atoms with Gasteiger partial charge in [0.1, 0.15) is 42.3 Å². The van der Waals surface area contributed by atoms with Crippen LogP contribution in [0.25, 0.3) is 0 Å². The number of carbonyl (C=O) groups excluding carboxylic acids is 8. The maximum absolute atomic E-state index is 14.3. The van der Waals surface area contributed by atoms with E-state index in [1.54, 1.807) is 65.4 Å². The number of benzene rings is 1. The van der Waals surface area contributed by atoms with E-state index in [1.807, 2.05) is 0 Å². The average Bonchev–Trinajstić information content (AvgIpc) is 4.40. The standard InChI is InChI=1S/C50H71N15O12S2/c51-32(13-4-16-56-49(52)53)46(74)64-18-6-15-38(64)47(75)65-26-29(67)22-39(65)45(73)58-25-40(68)59-35(23-30-11-7-19-78-30)42(70)63-37(27-66)44(72)61-34(21-28-9-2-1-3-10-28)41(69)62-36(24-31-12-8-20-79-31)43(71)60-33(48(76)77)14-5-17-57-50(54)55/h1-3,7-12,19-20,29,32-39,66-67H,4-6,13-18,21-27,51H2,(H,58,73)(H,59,68)(H,60,71)(H,61,72)(H,62,69)(H,63,70)(H,76,77)(H4,52,53,56)(H4,54,55,57)/t29-,32-,33+,34-,35+,36+,37+,38+,39+/m1/s1. The van der Waals surface area contributed by atoms with Gasteiger partial charge in [0.25, 0.3) is 0 Å². The molecule has 3 aromatic rings. The summed E-state index contributed by atoms with van der Waals surface area (Å²) in [5, 5.41) is 49.7. The van der Waals surface area contributed by atoms with Crippen molar-refractivity contribution in [2.45, 2.75) is 119 Å². The number of nitrogens with two attached hydrogens (primary N) is 5. The number of guanidine groups is 2. The summed E-state index contributed by atoms with van der Waals surface area (Å²) in [6.07, 6.45) is 0.0912. The number of nitrogens with zero attached hydrogens (tertiary/aromatic N) is 4. The van der Waals surface area contributed by atoms with Crippen LogP contribution in [0.3, 0.4) is 0 Å². The average molecular weight is 1140 g/mol. The minimum absolute atomic E-state index is 0.0455. The number of aliphatic hydroxyl groups excluding tert-OH is 2. The molecule has 2 aromatic heterocycles. The quantitative estimate of drug-likeness (QED) is 0.0171. The van der Waals surface area contributed by atoms with Gasteiger partial charge >= 0.3 is 5.97 Å². The molecule has 0 aliphatic carbocycles. The van der Waals surface area contributed by atoms with Gasteiger partial charge in [-0.05, 0) is 67.0 Å². The first kappa shape index (κ1) is 62.1. The second kappa shape index (κ2) is 31.0. The molecular formula is C50H71N15O12S2. The van der Waals surface area contributed by atoms with Crippen LogP contribution in [0.1, 0.15) is 60.3 Å². The van der Waals surface area contributed by atoms with Crippen LogP contribution in [0.5, 0.6) is 0 Å². The number of hydrogen-bond donors (Lipinski definition) is 14. The summed E-state index contributed by atoms with van der Waals surface area (Å²) < 4.78 is 0. The lowest BCUT2D eigenvalue weighted by Gasteiger charge is -2.32. The fraction of sp³-hybridized carbons (Fsp3) is 0.500. The van der Waals surface area contributed by atoms with Gasteiger partial charge in [-0.3, -0.25) is 48.3 Å². The molecule has 1 aromatic carbocycles. The number of β-amino-alcohol motifs (C(OH)–C–C–N with tert-alkyl or cyclic N) is 1. The third-order valence-electron chi connectivity index (χ3n) is 12.9. The Kier molecular flexibility index (Phi) is 24.4. The van der Waals surface area contributed by atoms with Gasteiger partial charge in [-0.2, -0.15) is 0 Å². The smallest absolute Gasteiger partial charge is 0.326 e. The zero-order valence-corrected chi connectivity index (χ0v) is 45.0. The second-order valence-electron chi connectivity index (χ2n) is 18.9. The maximum atomic E-state index is 14.3. The predicted octanol–water partition coefficient (Wildman–Crippen LogP) is -4.16. The highest BCUT2D eigenvalue weighted by Gasteiger charge is 2.45. The van der Waals surface area contributed by atoms with E-state index in [9.17, 15) is 58.5 Å². The van der Waals surface area contributed by atoms with Crippen molar-refractivity contribution < 1.29 is 58.5 Å². The lowest BCUT2D eigenvalue weighted by atomic mass is 10.0. The Morgan fingerprint density at radius 3 is 1.73 bits per heavy atom. The molecule has 8 amide bonds. The topological polar surface area (TPSA) is 448 Å². The zero-order chi connectivity index (χ0) is 57.6. The monoisotopic (exact) mass is 1140 g/mol. The molecule has 2 saturated heterocycles. The van der Waals surface area contributed by atoms with Crippen LogP contribution < -0.4 is 60.6 Å². The lowest BCUT2D eigenvalue weighted by Crippen LogP contribution is -2.60. The molecule has 4 heterocycles. The van der Waals surface area contributed by atoms with E-state index in [4.69, 9.17) is 28.7 Å². The SMILES string of the molecule is NC(N)=NCCC[C@@H](N)C(=O)N1CCC[C@H]1C(=O)N1C[C@H](O)C[C@H]1C(=O)NCC(=O)N[C@@H](Cc1cccs1)C(=O)N[C@@H](CO)C(=O)N[C@H](Cc1ccccc1)C(=O)N[C@@H](Cc1cccs1)C(=O)N[C@@H](CCCN=C(N)N)C(=O)O. The number of likely N-dealkylation sites (tertiary alicyclic amines) is 2. The maximum Gasteiger partial charge on any atom is 0.326 e. The number of rotatable bonds is 30. The molecule has 0 saturated carbocycles. The third kappa shape index (κ3) is 19.6. The summed E-state index contributed by atoms with van der Waals surface area (Å²) in [5.41, 5.74) is 28.3. The molecule has 430 valence electrons. The van der Waals surface area contributed by atoms with E-state index in [2.05, 4.69) is 41.9 Å². The first-order valence-corrected chi connectivity index (χ1v) is 27.4. The van der Waals surface area contributed by atoms with Crippen LogP contribution in [-0.4, -0.2) is 184 Å². The largest absolute Gasteiger partial charge is 0.480 e. The molecule has 2 aliphatic rings. The van der Waals surface area contributed by atoms with Gasteiger partial charge in [-0.1, -0.05) is 42.5 Å². The van der Waals surface area contributed by atoms with Gasteiger partial charge in [0, 0.05) is 61.6 Å². The molecule has 29 heteroatoms. The summed E-state index contributed by atoms with van der Waals surface area (Å²) in [7, 11) is 0. The van der Waals surface area contributed by atoms with Crippen molar-refractivity contribution >= 4 is 87.8 Å². The lowest BCUT2D eigenvalue weighted by molar-refractivity contribution is -0.147. The molecule has 19 N–H and O–H groups in total. The third-order valence-corrected chi connectivity index (χ3v) is 14.7. The van der Waals surface area contributed by atoms with E-state index in [0.29, 0.717) is 34.6 Å². The molecular weight excluding hydrogens is 1070 g/mol. The number of hydrogen-bond acceptors (Lipinski definition) is 16. The van der Waals surface area contributed by atoms with Gasteiger partial charge in [0.15, 0.2) is 11.9 Å². The van der Waals surface area contributed by atoms with E-state index in [1.165, 1.54) is 32.5 Å². The van der Waals surface area contributed by atoms with Crippen LogP contribution in [0.2, 0.25) is 0 Å². The fourth-order valence-corrected chi connectivity index (χ4v) is 10.5. The van der Waals surface area contributed by atoms with Crippen LogP contribution in [0.15, 0.2) is 75.3 Å². The number of nitrogens with one attached hydrogen (secondary N) is 6. The Balaban J connectivity index is 1.24. The molecule has 27 nitrogen and oxygen atoms in total. The molecule has 0 spiro atoms. The number of aliphatic carboxylic acids is 1. The van der Waals surface area contributed by atoms with Crippen molar-refractivity contribution in [2.75, 3.05) is 39.3 Å². The van der Waals surface area contributed by atoms with Crippen LogP contribution in [-0.2, 0) is 62.4 Å². The Morgan fingerprint density at radius 1 is 0.658 bits per heavy atom. The van der Waals surface area contributed by atoms with Gasteiger partial charge in [-0.15, -0.1) is 22.7 Å². The highest BCUT2D eigenvalue weighted by molar-refractivity contribution is 7.10. The highest BCUT2D eigenvalue weighted by Crippen LogP contribution is 2.26. The van der Waals surface area contributed by atoms with Gasteiger partial charge in [0.05, 0.1) is 25.3 Å². The Hall–Kier alpha value is -7.73.